The summed E-state index contributed by atoms with van der Waals surface area (Å²) in [6.45, 7) is 2.44. The summed E-state index contributed by atoms with van der Waals surface area (Å²) >= 11 is 15.4. The molecule has 1 aromatic rings. The minimum absolute atomic E-state index is 0.224. The fraction of sp³-hybridized carbons (Fsp3) is 0.417. The Morgan fingerprint density at radius 1 is 1.53 bits per heavy atom. The predicted octanol–water partition coefficient (Wildman–Crippen LogP) is 3.06. The highest BCUT2D eigenvalue weighted by molar-refractivity contribution is 9.10. The Morgan fingerprint density at radius 3 is 2.79 bits per heavy atom. The fourth-order valence-corrected chi connectivity index (χ4v) is 2.63. The van der Waals surface area contributed by atoms with Crippen molar-refractivity contribution in [3.05, 3.63) is 26.7 Å². The van der Waals surface area contributed by atoms with Crippen molar-refractivity contribution in [2.45, 2.75) is 13.0 Å². The number of carbonyl (C=O) groups excluding carboxylic acids is 1. The number of carbonyl (C=O) groups is 1. The van der Waals surface area contributed by atoms with Gasteiger partial charge in [-0.1, -0.05) is 23.2 Å². The molecule has 104 valence electrons. The predicted molar refractivity (Wildman–Crippen MR) is 79.7 cm³/mol. The summed E-state index contributed by atoms with van der Waals surface area (Å²) in [6, 6.07) is 3.06. The van der Waals surface area contributed by atoms with Gasteiger partial charge in [-0.15, -0.1) is 0 Å². The lowest BCUT2D eigenvalue weighted by Crippen LogP contribution is -2.47. The van der Waals surface area contributed by atoms with Crippen LogP contribution in [-0.4, -0.2) is 25.2 Å². The van der Waals surface area contributed by atoms with E-state index in [-0.39, 0.29) is 11.9 Å². The number of rotatable bonds is 2. The molecule has 4 nitrogen and oxygen atoms in total. The number of anilines is 1. The van der Waals surface area contributed by atoms with Gasteiger partial charge in [-0.2, -0.15) is 0 Å². The molecule has 7 heteroatoms. The molecule has 0 saturated carbocycles. The number of hydrogen-bond donors (Lipinski definition) is 2. The third kappa shape index (κ3) is 2.76. The minimum atomic E-state index is -0.761. The van der Waals surface area contributed by atoms with Gasteiger partial charge in [-0.05, 0) is 35.0 Å². The number of ether oxygens (including phenoxy) is 1. The average Bonchev–Trinajstić information content (AvgIpc) is 2.72. The summed E-state index contributed by atoms with van der Waals surface area (Å²) in [5, 5.41) is 3.41. The Bertz CT molecular complexity index is 527. The maximum absolute atomic E-state index is 12.3. The van der Waals surface area contributed by atoms with Crippen molar-refractivity contribution in [2.24, 2.45) is 11.1 Å². The molecule has 1 heterocycles. The topological polar surface area (TPSA) is 64.3 Å². The zero-order valence-corrected chi connectivity index (χ0v) is 13.3. The highest BCUT2D eigenvalue weighted by Crippen LogP contribution is 2.37. The van der Waals surface area contributed by atoms with Crippen LogP contribution in [0.3, 0.4) is 0 Å². The number of halogens is 3. The maximum Gasteiger partial charge on any atom is 0.234 e. The largest absolute Gasteiger partial charge is 0.379 e. The second-order valence-electron chi connectivity index (χ2n) is 4.72. The van der Waals surface area contributed by atoms with Gasteiger partial charge in [0.15, 0.2) is 0 Å². The SMILES string of the molecule is CC1(C(=O)Nc2ccc(Br)c(Cl)c2Cl)COCC1N. The first kappa shape index (κ1) is 15.1. The van der Waals surface area contributed by atoms with Crippen LogP contribution in [0.1, 0.15) is 6.92 Å². The summed E-state index contributed by atoms with van der Waals surface area (Å²) in [6.07, 6.45) is 0. The molecule has 2 unspecified atom stereocenters. The first-order valence-electron chi connectivity index (χ1n) is 5.64. The van der Waals surface area contributed by atoms with Gasteiger partial charge in [0, 0.05) is 10.5 Å². The Morgan fingerprint density at radius 2 is 2.21 bits per heavy atom. The van der Waals surface area contributed by atoms with E-state index in [4.69, 9.17) is 33.7 Å². The van der Waals surface area contributed by atoms with E-state index < -0.39 is 5.41 Å². The molecule has 1 aliphatic heterocycles. The first-order valence-corrected chi connectivity index (χ1v) is 7.19. The first-order chi connectivity index (χ1) is 8.86. The molecule has 3 N–H and O–H groups in total. The van der Waals surface area contributed by atoms with Crippen LogP contribution < -0.4 is 11.1 Å². The van der Waals surface area contributed by atoms with Gasteiger partial charge in [0.1, 0.15) is 0 Å². The van der Waals surface area contributed by atoms with E-state index in [0.29, 0.717) is 33.4 Å². The van der Waals surface area contributed by atoms with E-state index in [0.717, 1.165) is 0 Å². The summed E-state index contributed by atoms with van der Waals surface area (Å²) in [5.74, 6) is -0.224. The summed E-state index contributed by atoms with van der Waals surface area (Å²) in [5.41, 5.74) is 5.60. The summed E-state index contributed by atoms with van der Waals surface area (Å²) < 4.78 is 5.92. The number of nitrogens with two attached hydrogens (primary N) is 1. The summed E-state index contributed by atoms with van der Waals surface area (Å²) in [7, 11) is 0. The van der Waals surface area contributed by atoms with Crippen LogP contribution >= 0.6 is 39.1 Å². The van der Waals surface area contributed by atoms with Gasteiger partial charge in [-0.25, -0.2) is 0 Å². The molecule has 1 saturated heterocycles. The van der Waals surface area contributed by atoms with E-state index in [1.807, 2.05) is 0 Å². The molecule has 1 aliphatic rings. The van der Waals surface area contributed by atoms with Crippen molar-refractivity contribution in [1.82, 2.24) is 0 Å². The van der Waals surface area contributed by atoms with Crippen LogP contribution in [0.5, 0.6) is 0 Å². The maximum atomic E-state index is 12.3. The average molecular weight is 368 g/mol. The Hall–Kier alpha value is -0.330. The highest BCUT2D eigenvalue weighted by atomic mass is 79.9. The molecule has 0 aliphatic carbocycles. The van der Waals surface area contributed by atoms with Gasteiger partial charge in [-0.3, -0.25) is 4.79 Å². The Balaban J connectivity index is 2.22. The van der Waals surface area contributed by atoms with Gasteiger partial charge < -0.3 is 15.8 Å². The number of benzene rings is 1. The molecule has 2 rings (SSSR count). The molecule has 1 amide bonds. The Labute approximate surface area is 129 Å². The van der Waals surface area contributed by atoms with Crippen LogP contribution in [0.25, 0.3) is 0 Å². The molecule has 0 bridgehead atoms. The quantitative estimate of drug-likeness (QED) is 0.789. The zero-order chi connectivity index (χ0) is 14.2. The molecule has 0 radical (unpaired) electrons. The molecule has 0 aromatic heterocycles. The van der Waals surface area contributed by atoms with Crippen molar-refractivity contribution in [2.75, 3.05) is 18.5 Å². The molecule has 2 atom stereocenters. The van der Waals surface area contributed by atoms with Crippen LogP contribution in [-0.2, 0) is 9.53 Å². The van der Waals surface area contributed by atoms with E-state index in [2.05, 4.69) is 21.2 Å². The molecule has 1 aromatic carbocycles. The van der Waals surface area contributed by atoms with Crippen molar-refractivity contribution in [1.29, 1.82) is 0 Å². The second kappa shape index (κ2) is 5.58. The number of amides is 1. The molecular formula is C12H13BrCl2N2O2. The number of nitrogens with one attached hydrogen (secondary N) is 1. The monoisotopic (exact) mass is 366 g/mol. The van der Waals surface area contributed by atoms with Crippen molar-refractivity contribution < 1.29 is 9.53 Å². The standard InChI is InChI=1S/C12H13BrCl2N2O2/c1-12(5-19-4-8(12)16)11(18)17-7-3-2-6(13)9(14)10(7)15/h2-3,8H,4-5,16H2,1H3,(H,17,18). The molecule has 19 heavy (non-hydrogen) atoms. The van der Waals surface area contributed by atoms with Crippen LogP contribution in [0.2, 0.25) is 10.0 Å². The lowest BCUT2D eigenvalue weighted by molar-refractivity contribution is -0.125. The zero-order valence-electron chi connectivity index (χ0n) is 10.2. The van der Waals surface area contributed by atoms with Crippen LogP contribution in [0.15, 0.2) is 16.6 Å². The van der Waals surface area contributed by atoms with E-state index in [9.17, 15) is 4.79 Å². The highest BCUT2D eigenvalue weighted by Gasteiger charge is 2.44. The minimum Gasteiger partial charge on any atom is -0.379 e. The van der Waals surface area contributed by atoms with Crippen molar-refractivity contribution in [3.8, 4) is 0 Å². The van der Waals surface area contributed by atoms with Gasteiger partial charge >= 0.3 is 0 Å². The van der Waals surface area contributed by atoms with Crippen LogP contribution in [0, 0.1) is 5.41 Å². The molecule has 0 spiro atoms. The van der Waals surface area contributed by atoms with Gasteiger partial charge in [0.2, 0.25) is 5.91 Å². The van der Waals surface area contributed by atoms with Crippen LogP contribution in [0.4, 0.5) is 5.69 Å². The fourth-order valence-electron chi connectivity index (χ4n) is 1.81. The smallest absolute Gasteiger partial charge is 0.234 e. The van der Waals surface area contributed by atoms with E-state index >= 15 is 0 Å². The number of hydrogen-bond acceptors (Lipinski definition) is 3. The van der Waals surface area contributed by atoms with E-state index in [1.54, 1.807) is 19.1 Å². The Kier molecular flexibility index (Phi) is 4.42. The van der Waals surface area contributed by atoms with E-state index in [1.165, 1.54) is 0 Å². The lowest BCUT2D eigenvalue weighted by atomic mass is 9.85. The van der Waals surface area contributed by atoms with Crippen molar-refractivity contribution >= 4 is 50.7 Å². The second-order valence-corrected chi connectivity index (χ2v) is 6.33. The molecule has 1 fully saturated rings. The van der Waals surface area contributed by atoms with Gasteiger partial charge in [0.05, 0.1) is 34.4 Å². The third-order valence-corrected chi connectivity index (χ3v) is 5.09. The third-order valence-electron chi connectivity index (χ3n) is 3.32. The molecular weight excluding hydrogens is 355 g/mol. The van der Waals surface area contributed by atoms with Gasteiger partial charge in [0.25, 0.3) is 0 Å². The lowest BCUT2D eigenvalue weighted by Gasteiger charge is -2.25. The summed E-state index contributed by atoms with van der Waals surface area (Å²) in [4.78, 5) is 12.3. The van der Waals surface area contributed by atoms with Crippen molar-refractivity contribution in [3.63, 3.8) is 0 Å². The normalized spacial score (nSPS) is 26.5.